The summed E-state index contributed by atoms with van der Waals surface area (Å²) >= 11 is 0. The Morgan fingerprint density at radius 2 is 1.80 bits per heavy atom. The quantitative estimate of drug-likeness (QED) is 0.872. The Morgan fingerprint density at radius 3 is 2.30 bits per heavy atom. The van der Waals surface area contributed by atoms with Gasteiger partial charge in [-0.15, -0.1) is 0 Å². The Hall–Kier alpha value is -1.98. The topological polar surface area (TPSA) is 66.4 Å². The Morgan fingerprint density at radius 1 is 1.20 bits per heavy atom. The minimum atomic E-state index is -1.46. The Balaban J connectivity index is 2.07. The van der Waals surface area contributed by atoms with Gasteiger partial charge in [0.2, 0.25) is 0 Å². The molecule has 1 fully saturated rings. The van der Waals surface area contributed by atoms with E-state index in [2.05, 4.69) is 5.32 Å². The van der Waals surface area contributed by atoms with Crippen molar-refractivity contribution in [3.8, 4) is 0 Å². The van der Waals surface area contributed by atoms with E-state index in [1.165, 1.54) is 6.42 Å². The molecule has 6 heteroatoms. The smallest absolute Gasteiger partial charge is 0.336 e. The standard InChI is InChI=1S/C14H15F2NO3/c15-11-6-9(10(14(19)20)7-12(11)16)13(18)17-5-4-8-2-1-3-8/h6-8H,1-5H2,(H,17,18)(H,19,20). The molecule has 0 atom stereocenters. The van der Waals surface area contributed by atoms with E-state index in [0.717, 1.165) is 19.3 Å². The molecular formula is C14H15F2NO3. The van der Waals surface area contributed by atoms with Crippen LogP contribution >= 0.6 is 0 Å². The second-order valence-electron chi connectivity index (χ2n) is 4.96. The molecule has 1 aromatic carbocycles. The molecule has 0 aromatic heterocycles. The van der Waals surface area contributed by atoms with Crippen LogP contribution in [0.4, 0.5) is 8.78 Å². The summed E-state index contributed by atoms with van der Waals surface area (Å²) in [5.74, 6) is -4.08. The van der Waals surface area contributed by atoms with Crippen LogP contribution in [-0.4, -0.2) is 23.5 Å². The highest BCUT2D eigenvalue weighted by molar-refractivity contribution is 6.04. The normalized spacial score (nSPS) is 14.7. The van der Waals surface area contributed by atoms with Gasteiger partial charge in [-0.2, -0.15) is 0 Å². The molecule has 1 aliphatic carbocycles. The summed E-state index contributed by atoms with van der Waals surface area (Å²) in [6.45, 7) is 0.404. The van der Waals surface area contributed by atoms with Gasteiger partial charge in [-0.25, -0.2) is 13.6 Å². The Kier molecular flexibility index (Phi) is 4.32. The number of halogens is 2. The monoisotopic (exact) mass is 283 g/mol. The van der Waals surface area contributed by atoms with Crippen molar-refractivity contribution < 1.29 is 23.5 Å². The second-order valence-corrected chi connectivity index (χ2v) is 4.96. The number of nitrogens with one attached hydrogen (secondary N) is 1. The fraction of sp³-hybridized carbons (Fsp3) is 0.429. The predicted molar refractivity (Wildman–Crippen MR) is 67.6 cm³/mol. The summed E-state index contributed by atoms with van der Waals surface area (Å²) in [7, 11) is 0. The average Bonchev–Trinajstić information content (AvgIpc) is 2.34. The van der Waals surface area contributed by atoms with Crippen molar-refractivity contribution in [3.05, 3.63) is 34.9 Å². The number of hydrogen-bond donors (Lipinski definition) is 2. The second kappa shape index (κ2) is 5.98. The van der Waals surface area contributed by atoms with Gasteiger partial charge < -0.3 is 10.4 Å². The van der Waals surface area contributed by atoms with Gasteiger partial charge in [0.25, 0.3) is 5.91 Å². The van der Waals surface area contributed by atoms with Crippen LogP contribution in [0, 0.1) is 17.6 Å². The van der Waals surface area contributed by atoms with Crippen molar-refractivity contribution in [2.45, 2.75) is 25.7 Å². The van der Waals surface area contributed by atoms with Gasteiger partial charge in [-0.05, 0) is 24.5 Å². The van der Waals surface area contributed by atoms with Gasteiger partial charge in [-0.1, -0.05) is 19.3 Å². The molecule has 20 heavy (non-hydrogen) atoms. The molecule has 4 nitrogen and oxygen atoms in total. The predicted octanol–water partition coefficient (Wildman–Crippen LogP) is 2.58. The molecule has 0 saturated heterocycles. The van der Waals surface area contributed by atoms with Crippen LogP contribution in [0.25, 0.3) is 0 Å². The first-order valence-electron chi connectivity index (χ1n) is 6.49. The van der Waals surface area contributed by atoms with Crippen LogP contribution in [0.3, 0.4) is 0 Å². The zero-order chi connectivity index (χ0) is 14.7. The van der Waals surface area contributed by atoms with Gasteiger partial charge in [0.1, 0.15) is 0 Å². The van der Waals surface area contributed by atoms with Crippen molar-refractivity contribution in [2.24, 2.45) is 5.92 Å². The lowest BCUT2D eigenvalue weighted by Crippen LogP contribution is -2.29. The Labute approximate surface area is 114 Å². The number of carbonyl (C=O) groups excluding carboxylic acids is 1. The maximum absolute atomic E-state index is 13.1. The number of hydrogen-bond acceptors (Lipinski definition) is 2. The van der Waals surface area contributed by atoms with Crippen LogP contribution < -0.4 is 5.32 Å². The molecule has 1 aliphatic rings. The third-order valence-corrected chi connectivity index (χ3v) is 3.60. The SMILES string of the molecule is O=C(O)c1cc(F)c(F)cc1C(=O)NCCC1CCC1. The van der Waals surface area contributed by atoms with E-state index in [9.17, 15) is 18.4 Å². The van der Waals surface area contributed by atoms with E-state index < -0.39 is 29.1 Å². The minimum absolute atomic E-state index is 0.356. The van der Waals surface area contributed by atoms with E-state index in [0.29, 0.717) is 24.6 Å². The van der Waals surface area contributed by atoms with Crippen LogP contribution in [0.5, 0.6) is 0 Å². The fourth-order valence-electron chi connectivity index (χ4n) is 2.18. The van der Waals surface area contributed by atoms with Crippen LogP contribution in [0.1, 0.15) is 46.4 Å². The zero-order valence-corrected chi connectivity index (χ0v) is 10.8. The lowest BCUT2D eigenvalue weighted by molar-refractivity contribution is 0.0690. The summed E-state index contributed by atoms with van der Waals surface area (Å²) in [6, 6.07) is 1.15. The summed E-state index contributed by atoms with van der Waals surface area (Å²) in [5.41, 5.74) is -0.893. The largest absolute Gasteiger partial charge is 0.478 e. The first-order valence-corrected chi connectivity index (χ1v) is 6.49. The zero-order valence-electron chi connectivity index (χ0n) is 10.8. The molecule has 0 radical (unpaired) electrons. The molecule has 0 heterocycles. The van der Waals surface area contributed by atoms with E-state index in [-0.39, 0.29) is 5.56 Å². The first-order chi connectivity index (χ1) is 9.49. The number of amides is 1. The molecular weight excluding hydrogens is 268 g/mol. The summed E-state index contributed by atoms with van der Waals surface area (Å²) in [4.78, 5) is 22.8. The molecule has 0 aliphatic heterocycles. The van der Waals surface area contributed by atoms with Crippen molar-refractivity contribution in [1.29, 1.82) is 0 Å². The molecule has 2 rings (SSSR count). The number of benzene rings is 1. The molecule has 0 bridgehead atoms. The highest BCUT2D eigenvalue weighted by atomic mass is 19.2. The van der Waals surface area contributed by atoms with E-state index in [4.69, 9.17) is 5.11 Å². The van der Waals surface area contributed by atoms with Gasteiger partial charge in [-0.3, -0.25) is 4.79 Å². The average molecular weight is 283 g/mol. The number of carboxylic acids is 1. The lowest BCUT2D eigenvalue weighted by atomic mass is 9.83. The summed E-state index contributed by atoms with van der Waals surface area (Å²) < 4.78 is 26.2. The highest BCUT2D eigenvalue weighted by Gasteiger charge is 2.21. The molecule has 1 amide bonds. The molecule has 2 N–H and O–H groups in total. The lowest BCUT2D eigenvalue weighted by Gasteiger charge is -2.25. The minimum Gasteiger partial charge on any atom is -0.478 e. The summed E-state index contributed by atoms with van der Waals surface area (Å²) in [6.07, 6.45) is 4.30. The number of carbonyl (C=O) groups is 2. The van der Waals surface area contributed by atoms with E-state index in [1.807, 2.05) is 0 Å². The number of aromatic carboxylic acids is 1. The third kappa shape index (κ3) is 3.12. The van der Waals surface area contributed by atoms with Crippen LogP contribution in [0.15, 0.2) is 12.1 Å². The Bertz CT molecular complexity index is 541. The van der Waals surface area contributed by atoms with Crippen molar-refractivity contribution in [2.75, 3.05) is 6.54 Å². The van der Waals surface area contributed by atoms with E-state index in [1.54, 1.807) is 0 Å². The molecule has 1 aromatic rings. The number of rotatable bonds is 5. The molecule has 108 valence electrons. The fourth-order valence-corrected chi connectivity index (χ4v) is 2.18. The van der Waals surface area contributed by atoms with Crippen molar-refractivity contribution >= 4 is 11.9 Å². The van der Waals surface area contributed by atoms with Crippen molar-refractivity contribution in [3.63, 3.8) is 0 Å². The molecule has 1 saturated carbocycles. The third-order valence-electron chi connectivity index (χ3n) is 3.60. The van der Waals surface area contributed by atoms with E-state index >= 15 is 0 Å². The number of carboxylic acid groups (broad SMARTS) is 1. The maximum Gasteiger partial charge on any atom is 0.336 e. The van der Waals surface area contributed by atoms with Gasteiger partial charge in [0, 0.05) is 6.54 Å². The maximum atomic E-state index is 13.1. The van der Waals surface area contributed by atoms with Crippen LogP contribution in [-0.2, 0) is 0 Å². The van der Waals surface area contributed by atoms with Crippen LogP contribution in [0.2, 0.25) is 0 Å². The van der Waals surface area contributed by atoms with Crippen molar-refractivity contribution in [1.82, 2.24) is 5.32 Å². The molecule has 0 spiro atoms. The van der Waals surface area contributed by atoms with Gasteiger partial charge >= 0.3 is 5.97 Å². The highest BCUT2D eigenvalue weighted by Crippen LogP contribution is 2.28. The summed E-state index contributed by atoms with van der Waals surface area (Å²) in [5, 5.41) is 11.5. The van der Waals surface area contributed by atoms with Gasteiger partial charge in [0.15, 0.2) is 11.6 Å². The molecule has 0 unspecified atom stereocenters. The first kappa shape index (κ1) is 14.4. The van der Waals surface area contributed by atoms with Gasteiger partial charge in [0.05, 0.1) is 11.1 Å².